The van der Waals surface area contributed by atoms with Gasteiger partial charge in [-0.25, -0.2) is 4.39 Å². The van der Waals surface area contributed by atoms with E-state index >= 15 is 0 Å². The number of halogens is 1. The van der Waals surface area contributed by atoms with Gasteiger partial charge in [0.15, 0.2) is 0 Å². The molecule has 0 heterocycles. The molecule has 1 aromatic carbocycles. The van der Waals surface area contributed by atoms with E-state index in [2.05, 4.69) is 19.2 Å². The van der Waals surface area contributed by atoms with Crippen LogP contribution in [0.25, 0.3) is 0 Å². The lowest BCUT2D eigenvalue weighted by Gasteiger charge is -2.17. The third kappa shape index (κ3) is 4.13. The molecule has 0 radical (unpaired) electrons. The van der Waals surface area contributed by atoms with Gasteiger partial charge in [-0.2, -0.15) is 0 Å². The molecule has 1 N–H and O–H groups in total. The lowest BCUT2D eigenvalue weighted by molar-refractivity contribution is 0.0935. The fourth-order valence-corrected chi connectivity index (χ4v) is 1.92. The summed E-state index contributed by atoms with van der Waals surface area (Å²) < 4.78 is 13.1. The van der Waals surface area contributed by atoms with Crippen LogP contribution in [0.15, 0.2) is 18.2 Å². The van der Waals surface area contributed by atoms with Gasteiger partial charge >= 0.3 is 0 Å². The number of benzene rings is 1. The number of nitrogens with one attached hydrogen (secondary N) is 1. The Hall–Kier alpha value is -1.38. The molecule has 100 valence electrons. The smallest absolute Gasteiger partial charge is 0.251 e. The van der Waals surface area contributed by atoms with Crippen LogP contribution in [-0.2, 0) is 0 Å². The Balaban J connectivity index is 2.62. The van der Waals surface area contributed by atoms with Crippen LogP contribution >= 0.6 is 0 Å². The first-order valence-electron chi connectivity index (χ1n) is 6.51. The zero-order valence-electron chi connectivity index (χ0n) is 11.6. The number of hydrogen-bond donors (Lipinski definition) is 1. The SMILES string of the molecule is CCC(C)CC(C)NC(=O)c1ccc(F)c(C)c1. The maximum absolute atomic E-state index is 13.1. The van der Waals surface area contributed by atoms with Gasteiger partial charge in [0.05, 0.1) is 0 Å². The molecular formula is C15H22FNO. The summed E-state index contributed by atoms with van der Waals surface area (Å²) in [5.74, 6) is 0.184. The van der Waals surface area contributed by atoms with Gasteiger partial charge in [-0.05, 0) is 49.9 Å². The predicted molar refractivity (Wildman–Crippen MR) is 72.1 cm³/mol. The molecule has 0 spiro atoms. The normalized spacial score (nSPS) is 14.1. The Morgan fingerprint density at radius 3 is 2.61 bits per heavy atom. The lowest BCUT2D eigenvalue weighted by Crippen LogP contribution is -2.33. The fraction of sp³-hybridized carbons (Fsp3) is 0.533. The summed E-state index contributed by atoms with van der Waals surface area (Å²) in [5.41, 5.74) is 1.02. The van der Waals surface area contributed by atoms with E-state index in [9.17, 15) is 9.18 Å². The summed E-state index contributed by atoms with van der Waals surface area (Å²) in [6.45, 7) is 7.97. The number of carbonyl (C=O) groups is 1. The van der Waals surface area contributed by atoms with Crippen LogP contribution in [0.1, 0.15) is 49.5 Å². The first kappa shape index (κ1) is 14.7. The summed E-state index contributed by atoms with van der Waals surface area (Å²) in [5, 5.41) is 2.95. The lowest BCUT2D eigenvalue weighted by atomic mass is 10.00. The maximum Gasteiger partial charge on any atom is 0.251 e. The molecule has 0 saturated carbocycles. The molecule has 2 unspecified atom stereocenters. The van der Waals surface area contributed by atoms with Crippen LogP contribution in [0.4, 0.5) is 4.39 Å². The van der Waals surface area contributed by atoms with Gasteiger partial charge in [-0.3, -0.25) is 4.79 Å². The van der Waals surface area contributed by atoms with Crippen molar-refractivity contribution in [2.24, 2.45) is 5.92 Å². The van der Waals surface area contributed by atoms with Crippen molar-refractivity contribution in [2.75, 3.05) is 0 Å². The molecule has 18 heavy (non-hydrogen) atoms. The first-order chi connectivity index (χ1) is 8.43. The van der Waals surface area contributed by atoms with Crippen molar-refractivity contribution < 1.29 is 9.18 Å². The second-order valence-corrected chi connectivity index (χ2v) is 5.09. The Bertz CT molecular complexity index is 417. The van der Waals surface area contributed by atoms with Crippen molar-refractivity contribution >= 4 is 5.91 Å². The Morgan fingerprint density at radius 1 is 1.39 bits per heavy atom. The molecule has 2 atom stereocenters. The summed E-state index contributed by atoms with van der Waals surface area (Å²) in [6.07, 6.45) is 2.07. The third-order valence-electron chi connectivity index (χ3n) is 3.25. The fourth-order valence-electron chi connectivity index (χ4n) is 1.92. The molecule has 0 aliphatic heterocycles. The Kier molecular flexibility index (Phi) is 5.32. The molecule has 0 aromatic heterocycles. The second kappa shape index (κ2) is 6.53. The van der Waals surface area contributed by atoms with Gasteiger partial charge in [0.25, 0.3) is 5.91 Å². The van der Waals surface area contributed by atoms with E-state index in [1.807, 2.05) is 6.92 Å². The van der Waals surface area contributed by atoms with E-state index in [0.717, 1.165) is 12.8 Å². The third-order valence-corrected chi connectivity index (χ3v) is 3.25. The topological polar surface area (TPSA) is 29.1 Å². The van der Waals surface area contributed by atoms with Crippen LogP contribution < -0.4 is 5.32 Å². The highest BCUT2D eigenvalue weighted by molar-refractivity contribution is 5.94. The van der Waals surface area contributed by atoms with Crippen LogP contribution in [0.3, 0.4) is 0 Å². The van der Waals surface area contributed by atoms with E-state index in [0.29, 0.717) is 17.0 Å². The number of rotatable bonds is 5. The van der Waals surface area contributed by atoms with Crippen molar-refractivity contribution in [3.05, 3.63) is 35.1 Å². The van der Waals surface area contributed by atoms with Gasteiger partial charge in [0.1, 0.15) is 5.82 Å². The molecule has 0 fully saturated rings. The summed E-state index contributed by atoms with van der Waals surface area (Å²) >= 11 is 0. The van der Waals surface area contributed by atoms with Crippen molar-refractivity contribution in [3.63, 3.8) is 0 Å². The summed E-state index contributed by atoms with van der Waals surface area (Å²) in [4.78, 5) is 12.0. The first-order valence-corrected chi connectivity index (χ1v) is 6.51. The van der Waals surface area contributed by atoms with E-state index in [4.69, 9.17) is 0 Å². The molecule has 0 saturated heterocycles. The number of amides is 1. The number of aryl methyl sites for hydroxylation is 1. The zero-order valence-corrected chi connectivity index (χ0v) is 11.6. The molecule has 1 aromatic rings. The Morgan fingerprint density at radius 2 is 2.06 bits per heavy atom. The van der Waals surface area contributed by atoms with Gasteiger partial charge in [0.2, 0.25) is 0 Å². The highest BCUT2D eigenvalue weighted by Crippen LogP contribution is 2.12. The van der Waals surface area contributed by atoms with Crippen molar-refractivity contribution in [2.45, 2.75) is 46.6 Å². The highest BCUT2D eigenvalue weighted by atomic mass is 19.1. The second-order valence-electron chi connectivity index (χ2n) is 5.09. The zero-order chi connectivity index (χ0) is 13.7. The molecule has 3 heteroatoms. The van der Waals surface area contributed by atoms with E-state index < -0.39 is 0 Å². The summed E-state index contributed by atoms with van der Waals surface area (Å²) in [7, 11) is 0. The van der Waals surface area contributed by atoms with Crippen LogP contribution in [-0.4, -0.2) is 11.9 Å². The van der Waals surface area contributed by atoms with Gasteiger partial charge in [-0.1, -0.05) is 20.3 Å². The molecular weight excluding hydrogens is 229 g/mol. The highest BCUT2D eigenvalue weighted by Gasteiger charge is 2.12. The minimum absolute atomic E-state index is 0.131. The quantitative estimate of drug-likeness (QED) is 0.849. The molecule has 0 bridgehead atoms. The molecule has 1 rings (SSSR count). The molecule has 2 nitrogen and oxygen atoms in total. The van der Waals surface area contributed by atoms with E-state index in [-0.39, 0.29) is 17.8 Å². The minimum atomic E-state index is -0.279. The molecule has 1 amide bonds. The van der Waals surface area contributed by atoms with Crippen molar-refractivity contribution in [1.82, 2.24) is 5.32 Å². The maximum atomic E-state index is 13.1. The van der Waals surface area contributed by atoms with Crippen LogP contribution in [0.2, 0.25) is 0 Å². The minimum Gasteiger partial charge on any atom is -0.350 e. The van der Waals surface area contributed by atoms with Crippen molar-refractivity contribution in [3.8, 4) is 0 Å². The van der Waals surface area contributed by atoms with Crippen LogP contribution in [0.5, 0.6) is 0 Å². The molecule has 0 aliphatic carbocycles. The number of hydrogen-bond acceptors (Lipinski definition) is 1. The van der Waals surface area contributed by atoms with E-state index in [1.165, 1.54) is 12.1 Å². The monoisotopic (exact) mass is 251 g/mol. The van der Waals surface area contributed by atoms with Gasteiger partial charge in [-0.15, -0.1) is 0 Å². The standard InChI is InChI=1S/C15H22FNO/c1-5-10(2)8-12(4)17-15(18)13-6-7-14(16)11(3)9-13/h6-7,9-10,12H,5,8H2,1-4H3,(H,17,18). The van der Waals surface area contributed by atoms with Gasteiger partial charge in [0, 0.05) is 11.6 Å². The van der Waals surface area contributed by atoms with E-state index in [1.54, 1.807) is 13.0 Å². The molecule has 0 aliphatic rings. The van der Waals surface area contributed by atoms with Crippen LogP contribution in [0, 0.1) is 18.7 Å². The largest absolute Gasteiger partial charge is 0.350 e. The predicted octanol–water partition coefficient (Wildman–Crippen LogP) is 3.69. The van der Waals surface area contributed by atoms with Gasteiger partial charge < -0.3 is 5.32 Å². The summed E-state index contributed by atoms with van der Waals surface area (Å²) in [6, 6.07) is 4.58. The van der Waals surface area contributed by atoms with Crippen molar-refractivity contribution in [1.29, 1.82) is 0 Å². The Labute approximate surface area is 109 Å². The average molecular weight is 251 g/mol. The number of carbonyl (C=O) groups excluding carboxylic acids is 1. The average Bonchev–Trinajstić information content (AvgIpc) is 2.32.